The second-order valence-corrected chi connectivity index (χ2v) is 8.77. The molecule has 0 unspecified atom stereocenters. The fourth-order valence-electron chi connectivity index (χ4n) is 3.78. The fourth-order valence-corrected chi connectivity index (χ4v) is 3.78. The molecule has 2 N–H and O–H groups in total. The first-order valence-electron chi connectivity index (χ1n) is 13.1. The Morgan fingerprint density at radius 3 is 0.828 bits per heavy atom. The van der Waals surface area contributed by atoms with Gasteiger partial charge >= 0.3 is 0 Å². The molecule has 0 aliphatic rings. The van der Waals surface area contributed by atoms with E-state index in [1.54, 1.807) is 0 Å². The first-order chi connectivity index (χ1) is 14.3. The maximum absolute atomic E-state index is 5.36. The molecule has 0 aromatic heterocycles. The number of hydrogen-bond acceptors (Lipinski definition) is 1. The summed E-state index contributed by atoms with van der Waals surface area (Å²) in [5.41, 5.74) is 6.18. The molecule has 0 saturated heterocycles. The van der Waals surface area contributed by atoms with E-state index in [1.165, 1.54) is 128 Å². The Bertz CT molecular complexity index is 367. The van der Waals surface area contributed by atoms with Crippen molar-refractivity contribution in [2.24, 2.45) is 0 Å². The Morgan fingerprint density at radius 1 is 0.414 bits per heavy atom. The van der Waals surface area contributed by atoms with Gasteiger partial charge in [-0.1, -0.05) is 160 Å². The molecule has 1 aromatic carbocycles. The van der Waals surface area contributed by atoms with Gasteiger partial charge in [0.15, 0.2) is 0 Å². The number of rotatable bonds is 19. The molecule has 1 rings (SSSR count). The SMILES string of the molecule is CCCCCCCCCCCCCCCCCCCCCC.Nc1ccccc1. The molecule has 1 heteroatoms. The van der Waals surface area contributed by atoms with Crippen molar-refractivity contribution in [1.29, 1.82) is 0 Å². The number of benzene rings is 1. The number of nitrogens with two attached hydrogens (primary N) is 1. The molecule has 29 heavy (non-hydrogen) atoms. The third-order valence-electron chi connectivity index (χ3n) is 5.76. The molecule has 0 radical (unpaired) electrons. The number of para-hydroxylation sites is 1. The molecule has 0 fully saturated rings. The highest BCUT2D eigenvalue weighted by atomic mass is 14.5. The highest BCUT2D eigenvalue weighted by molar-refractivity contribution is 5.35. The Labute approximate surface area is 184 Å². The van der Waals surface area contributed by atoms with Gasteiger partial charge in [0.1, 0.15) is 0 Å². The lowest BCUT2D eigenvalue weighted by molar-refractivity contribution is 0.523. The predicted molar refractivity (Wildman–Crippen MR) is 135 cm³/mol. The number of hydrogen-bond donors (Lipinski definition) is 1. The quantitative estimate of drug-likeness (QED) is 0.180. The summed E-state index contributed by atoms with van der Waals surface area (Å²) in [6.45, 7) is 4.60. The summed E-state index contributed by atoms with van der Waals surface area (Å²) in [4.78, 5) is 0. The summed E-state index contributed by atoms with van der Waals surface area (Å²) in [6, 6.07) is 9.49. The summed E-state index contributed by atoms with van der Waals surface area (Å²) >= 11 is 0. The molecular weight excluding hydrogens is 350 g/mol. The van der Waals surface area contributed by atoms with Crippen LogP contribution < -0.4 is 5.73 Å². The van der Waals surface area contributed by atoms with E-state index >= 15 is 0 Å². The van der Waals surface area contributed by atoms with Gasteiger partial charge in [0.2, 0.25) is 0 Å². The van der Waals surface area contributed by atoms with Crippen LogP contribution in [0.25, 0.3) is 0 Å². The topological polar surface area (TPSA) is 26.0 Å². The molecule has 1 aromatic rings. The molecule has 0 saturated carbocycles. The van der Waals surface area contributed by atoms with E-state index in [0.717, 1.165) is 5.69 Å². The Hall–Kier alpha value is -0.980. The molecule has 0 heterocycles. The molecule has 0 amide bonds. The Kier molecular flexibility index (Phi) is 24.2. The lowest BCUT2D eigenvalue weighted by atomic mass is 10.0. The zero-order valence-electron chi connectivity index (χ0n) is 20.1. The van der Waals surface area contributed by atoms with Crippen LogP contribution in [0.1, 0.15) is 142 Å². The van der Waals surface area contributed by atoms with Crippen LogP contribution in [0.3, 0.4) is 0 Å². The van der Waals surface area contributed by atoms with Crippen molar-refractivity contribution < 1.29 is 0 Å². The van der Waals surface area contributed by atoms with E-state index in [-0.39, 0.29) is 0 Å². The minimum absolute atomic E-state index is 0.822. The van der Waals surface area contributed by atoms with E-state index in [9.17, 15) is 0 Å². The molecule has 0 bridgehead atoms. The zero-order valence-corrected chi connectivity index (χ0v) is 20.1. The van der Waals surface area contributed by atoms with Gasteiger partial charge in [0.25, 0.3) is 0 Å². The second-order valence-electron chi connectivity index (χ2n) is 8.77. The van der Waals surface area contributed by atoms with Gasteiger partial charge < -0.3 is 5.73 Å². The molecule has 0 atom stereocenters. The molecular formula is C28H53N. The third-order valence-corrected chi connectivity index (χ3v) is 5.76. The molecule has 0 aliphatic carbocycles. The summed E-state index contributed by atoms with van der Waals surface area (Å²) < 4.78 is 0. The average Bonchev–Trinajstić information content (AvgIpc) is 2.74. The maximum Gasteiger partial charge on any atom is 0.0313 e. The monoisotopic (exact) mass is 403 g/mol. The lowest BCUT2D eigenvalue weighted by Crippen LogP contribution is -1.84. The van der Waals surface area contributed by atoms with Crippen LogP contribution in [0.5, 0.6) is 0 Å². The second kappa shape index (κ2) is 25.1. The predicted octanol–water partition coefficient (Wildman–Crippen LogP) is 10.1. The van der Waals surface area contributed by atoms with Crippen molar-refractivity contribution in [2.75, 3.05) is 5.73 Å². The lowest BCUT2D eigenvalue weighted by Gasteiger charge is -2.03. The summed E-state index contributed by atoms with van der Waals surface area (Å²) in [5.74, 6) is 0. The third kappa shape index (κ3) is 25.0. The van der Waals surface area contributed by atoms with Crippen molar-refractivity contribution in [2.45, 2.75) is 142 Å². The van der Waals surface area contributed by atoms with Crippen LogP contribution in [0.2, 0.25) is 0 Å². The number of unbranched alkanes of at least 4 members (excludes halogenated alkanes) is 19. The smallest absolute Gasteiger partial charge is 0.0313 e. The van der Waals surface area contributed by atoms with E-state index < -0.39 is 0 Å². The summed E-state index contributed by atoms with van der Waals surface area (Å²) in [7, 11) is 0. The standard InChI is InChI=1S/C22H46.C6H7N/c1-3-5-7-9-11-13-15-17-19-21-22-20-18-16-14-12-10-8-6-4-2;7-6-4-2-1-3-5-6/h3-22H2,1-2H3;1-5H,7H2. The Balaban J connectivity index is 0.000000929. The van der Waals surface area contributed by atoms with Gasteiger partial charge in [0, 0.05) is 5.69 Å². The minimum Gasteiger partial charge on any atom is -0.399 e. The minimum atomic E-state index is 0.822. The highest BCUT2D eigenvalue weighted by Gasteiger charge is 1.94. The first kappa shape index (κ1) is 28.0. The maximum atomic E-state index is 5.36. The van der Waals surface area contributed by atoms with Gasteiger partial charge in [-0.25, -0.2) is 0 Å². The van der Waals surface area contributed by atoms with Crippen molar-refractivity contribution in [1.82, 2.24) is 0 Å². The van der Waals surface area contributed by atoms with Crippen molar-refractivity contribution in [3.63, 3.8) is 0 Å². The van der Waals surface area contributed by atoms with Crippen LogP contribution in [0, 0.1) is 0 Å². The molecule has 0 aliphatic heterocycles. The van der Waals surface area contributed by atoms with Gasteiger partial charge in [-0.15, -0.1) is 0 Å². The fraction of sp³-hybridized carbons (Fsp3) is 0.786. The highest BCUT2D eigenvalue weighted by Crippen LogP contribution is 2.14. The van der Waals surface area contributed by atoms with Crippen LogP contribution >= 0.6 is 0 Å². The zero-order chi connectivity index (χ0) is 21.3. The van der Waals surface area contributed by atoms with Crippen LogP contribution in [-0.2, 0) is 0 Å². The molecule has 170 valence electrons. The van der Waals surface area contributed by atoms with E-state index in [0.29, 0.717) is 0 Å². The number of anilines is 1. The molecule has 0 spiro atoms. The van der Waals surface area contributed by atoms with Gasteiger partial charge in [-0.2, -0.15) is 0 Å². The van der Waals surface area contributed by atoms with E-state index in [1.807, 2.05) is 30.3 Å². The van der Waals surface area contributed by atoms with Crippen LogP contribution in [-0.4, -0.2) is 0 Å². The first-order valence-corrected chi connectivity index (χ1v) is 13.1. The van der Waals surface area contributed by atoms with Gasteiger partial charge in [0.05, 0.1) is 0 Å². The van der Waals surface area contributed by atoms with Crippen molar-refractivity contribution in [3.05, 3.63) is 30.3 Å². The van der Waals surface area contributed by atoms with Gasteiger partial charge in [-0.3, -0.25) is 0 Å². The number of nitrogen functional groups attached to an aromatic ring is 1. The van der Waals surface area contributed by atoms with E-state index in [4.69, 9.17) is 5.73 Å². The summed E-state index contributed by atoms with van der Waals surface area (Å²) in [6.07, 6.45) is 29.4. The van der Waals surface area contributed by atoms with Crippen LogP contribution in [0.4, 0.5) is 5.69 Å². The normalized spacial score (nSPS) is 10.6. The van der Waals surface area contributed by atoms with Crippen molar-refractivity contribution >= 4 is 5.69 Å². The van der Waals surface area contributed by atoms with Gasteiger partial charge in [-0.05, 0) is 12.1 Å². The largest absolute Gasteiger partial charge is 0.399 e. The van der Waals surface area contributed by atoms with E-state index in [2.05, 4.69) is 13.8 Å². The summed E-state index contributed by atoms with van der Waals surface area (Å²) in [5, 5.41) is 0. The Morgan fingerprint density at radius 2 is 0.655 bits per heavy atom. The van der Waals surface area contributed by atoms with Crippen molar-refractivity contribution in [3.8, 4) is 0 Å². The molecule has 1 nitrogen and oxygen atoms in total. The van der Waals surface area contributed by atoms with Crippen LogP contribution in [0.15, 0.2) is 30.3 Å². The average molecular weight is 404 g/mol.